The van der Waals surface area contributed by atoms with E-state index in [0.717, 1.165) is 0 Å². The lowest BCUT2D eigenvalue weighted by Gasteiger charge is -2.23. The van der Waals surface area contributed by atoms with Gasteiger partial charge < -0.3 is 20.1 Å². The number of rotatable bonds is 5. The molecule has 1 aliphatic rings. The van der Waals surface area contributed by atoms with Crippen LogP contribution in [0.25, 0.3) is 0 Å². The van der Waals surface area contributed by atoms with Crippen LogP contribution in [0.2, 0.25) is 0 Å². The second-order valence-electron chi connectivity index (χ2n) is 5.52. The second-order valence-corrected chi connectivity index (χ2v) is 5.52. The van der Waals surface area contributed by atoms with Gasteiger partial charge in [0.1, 0.15) is 6.61 Å². The highest BCUT2D eigenvalue weighted by Crippen LogP contribution is 2.29. The maximum absolute atomic E-state index is 11.9. The van der Waals surface area contributed by atoms with Crippen molar-refractivity contribution >= 4 is 12.0 Å². The molecular formula is C12H19F3N2O4. The summed E-state index contributed by atoms with van der Waals surface area (Å²) in [5.41, 5.74) is -0.979. The summed E-state index contributed by atoms with van der Waals surface area (Å²) >= 11 is 0. The van der Waals surface area contributed by atoms with Gasteiger partial charge in [0.05, 0.1) is 18.1 Å². The Hall–Kier alpha value is -1.51. The third-order valence-corrected chi connectivity index (χ3v) is 3.28. The highest BCUT2D eigenvalue weighted by molar-refractivity contribution is 5.79. The number of carboxylic acid groups (broad SMARTS) is 1. The fourth-order valence-electron chi connectivity index (χ4n) is 2.00. The summed E-state index contributed by atoms with van der Waals surface area (Å²) in [6.07, 6.45) is -4.06. The first kappa shape index (κ1) is 17.5. The molecule has 122 valence electrons. The quantitative estimate of drug-likeness (QED) is 0.805. The number of halogens is 3. The normalized spacial score (nSPS) is 24.0. The van der Waals surface area contributed by atoms with E-state index in [9.17, 15) is 22.8 Å². The molecule has 0 aromatic carbocycles. The highest BCUT2D eigenvalue weighted by atomic mass is 19.4. The zero-order valence-corrected chi connectivity index (χ0v) is 11.9. The Kier molecular flexibility index (Phi) is 5.43. The van der Waals surface area contributed by atoms with Crippen LogP contribution in [0.5, 0.6) is 0 Å². The van der Waals surface area contributed by atoms with Crippen molar-refractivity contribution in [2.45, 2.75) is 32.5 Å². The molecule has 2 amide bonds. The predicted octanol–water partition coefficient (Wildman–Crippen LogP) is 1.46. The average molecular weight is 312 g/mol. The first-order chi connectivity index (χ1) is 9.53. The summed E-state index contributed by atoms with van der Waals surface area (Å²) in [6.45, 7) is 1.80. The van der Waals surface area contributed by atoms with Crippen LogP contribution in [0.1, 0.15) is 20.3 Å². The summed E-state index contributed by atoms with van der Waals surface area (Å²) in [6, 6.07) is -1.10. The molecule has 1 fully saturated rings. The number of ether oxygens (including phenoxy) is 1. The van der Waals surface area contributed by atoms with Gasteiger partial charge in [-0.05, 0) is 20.3 Å². The van der Waals surface area contributed by atoms with Gasteiger partial charge in [-0.3, -0.25) is 4.79 Å². The highest BCUT2D eigenvalue weighted by Gasteiger charge is 2.42. The van der Waals surface area contributed by atoms with E-state index in [1.165, 1.54) is 11.8 Å². The molecule has 0 aromatic heterocycles. The molecule has 1 rings (SSSR count). The van der Waals surface area contributed by atoms with E-state index in [2.05, 4.69) is 10.1 Å². The molecule has 6 nitrogen and oxygen atoms in total. The van der Waals surface area contributed by atoms with Crippen molar-refractivity contribution in [2.24, 2.45) is 5.41 Å². The topological polar surface area (TPSA) is 78.9 Å². The lowest BCUT2D eigenvalue weighted by Crippen LogP contribution is -2.45. The van der Waals surface area contributed by atoms with E-state index < -0.39 is 36.2 Å². The van der Waals surface area contributed by atoms with Crippen molar-refractivity contribution < 1.29 is 32.6 Å². The SMILES string of the molecule is CC(COCC(F)(F)F)NC(=O)N1CCC(C)(C(=O)O)C1. The van der Waals surface area contributed by atoms with E-state index in [1.54, 1.807) is 6.92 Å². The smallest absolute Gasteiger partial charge is 0.411 e. The van der Waals surface area contributed by atoms with Gasteiger partial charge in [-0.25, -0.2) is 4.79 Å². The van der Waals surface area contributed by atoms with E-state index in [1.807, 2.05) is 0 Å². The van der Waals surface area contributed by atoms with Gasteiger partial charge in [0.15, 0.2) is 0 Å². The number of alkyl halides is 3. The van der Waals surface area contributed by atoms with Crippen LogP contribution in [0.3, 0.4) is 0 Å². The van der Waals surface area contributed by atoms with Crippen LogP contribution in [0.15, 0.2) is 0 Å². The van der Waals surface area contributed by atoms with Crippen molar-refractivity contribution in [3.8, 4) is 0 Å². The molecule has 2 unspecified atom stereocenters. The van der Waals surface area contributed by atoms with Crippen LogP contribution in [0.4, 0.5) is 18.0 Å². The van der Waals surface area contributed by atoms with Gasteiger partial charge >= 0.3 is 18.2 Å². The molecule has 21 heavy (non-hydrogen) atoms. The molecular weight excluding hydrogens is 293 g/mol. The average Bonchev–Trinajstić information content (AvgIpc) is 2.71. The molecule has 0 radical (unpaired) electrons. The summed E-state index contributed by atoms with van der Waals surface area (Å²) in [5.74, 6) is -0.973. The van der Waals surface area contributed by atoms with Crippen LogP contribution in [-0.2, 0) is 9.53 Å². The number of aliphatic carboxylic acids is 1. The minimum Gasteiger partial charge on any atom is -0.481 e. The number of carbonyl (C=O) groups excluding carboxylic acids is 1. The van der Waals surface area contributed by atoms with Crippen molar-refractivity contribution in [3.05, 3.63) is 0 Å². The number of nitrogens with zero attached hydrogens (tertiary/aromatic N) is 1. The zero-order chi connectivity index (χ0) is 16.3. The van der Waals surface area contributed by atoms with E-state index in [4.69, 9.17) is 5.11 Å². The van der Waals surface area contributed by atoms with E-state index in [-0.39, 0.29) is 13.2 Å². The van der Waals surface area contributed by atoms with Gasteiger partial charge in [0.25, 0.3) is 0 Å². The zero-order valence-electron chi connectivity index (χ0n) is 11.9. The molecule has 1 saturated heterocycles. The van der Waals surface area contributed by atoms with Crippen molar-refractivity contribution in [1.82, 2.24) is 10.2 Å². The standard InChI is InChI=1S/C12H19F3N2O4/c1-8(5-21-7-12(13,14)15)16-10(20)17-4-3-11(2,6-17)9(18)19/h8H,3-7H2,1-2H3,(H,16,20)(H,18,19). The Morgan fingerprint density at radius 1 is 1.48 bits per heavy atom. The molecule has 9 heteroatoms. The Balaban J connectivity index is 2.35. The van der Waals surface area contributed by atoms with Crippen LogP contribution < -0.4 is 5.32 Å². The lowest BCUT2D eigenvalue weighted by molar-refractivity contribution is -0.174. The molecule has 2 N–H and O–H groups in total. The predicted molar refractivity (Wildman–Crippen MR) is 66.8 cm³/mol. The van der Waals surface area contributed by atoms with Gasteiger partial charge in [-0.15, -0.1) is 0 Å². The first-order valence-electron chi connectivity index (χ1n) is 6.47. The third kappa shape index (κ3) is 5.41. The minimum atomic E-state index is -4.40. The lowest BCUT2D eigenvalue weighted by atomic mass is 9.90. The van der Waals surface area contributed by atoms with Crippen molar-refractivity contribution in [1.29, 1.82) is 0 Å². The fourth-order valence-corrected chi connectivity index (χ4v) is 2.00. The van der Waals surface area contributed by atoms with E-state index in [0.29, 0.717) is 13.0 Å². The van der Waals surface area contributed by atoms with Crippen LogP contribution >= 0.6 is 0 Å². The summed E-state index contributed by atoms with van der Waals surface area (Å²) in [4.78, 5) is 24.3. The molecule has 0 aliphatic carbocycles. The molecule has 1 aliphatic heterocycles. The number of hydrogen-bond donors (Lipinski definition) is 2. The molecule has 0 aromatic rings. The van der Waals surface area contributed by atoms with Gasteiger partial charge in [-0.1, -0.05) is 0 Å². The van der Waals surface area contributed by atoms with Crippen molar-refractivity contribution in [3.63, 3.8) is 0 Å². The maximum atomic E-state index is 11.9. The Morgan fingerprint density at radius 3 is 2.57 bits per heavy atom. The maximum Gasteiger partial charge on any atom is 0.411 e. The first-order valence-corrected chi connectivity index (χ1v) is 6.47. The Bertz CT molecular complexity index is 402. The molecule has 0 spiro atoms. The molecule has 0 saturated carbocycles. The van der Waals surface area contributed by atoms with Gasteiger partial charge in [0, 0.05) is 13.1 Å². The number of amides is 2. The summed E-state index contributed by atoms with van der Waals surface area (Å²) < 4.78 is 40.1. The Morgan fingerprint density at radius 2 is 2.10 bits per heavy atom. The van der Waals surface area contributed by atoms with Gasteiger partial charge in [-0.2, -0.15) is 13.2 Å². The summed E-state index contributed by atoms with van der Waals surface area (Å²) in [7, 11) is 0. The number of nitrogens with one attached hydrogen (secondary N) is 1. The number of likely N-dealkylation sites (tertiary alicyclic amines) is 1. The number of carboxylic acids is 1. The van der Waals surface area contributed by atoms with Crippen LogP contribution in [0, 0.1) is 5.41 Å². The number of carbonyl (C=O) groups is 2. The second kappa shape index (κ2) is 6.50. The van der Waals surface area contributed by atoms with E-state index >= 15 is 0 Å². The molecule has 0 bridgehead atoms. The molecule has 1 heterocycles. The monoisotopic (exact) mass is 312 g/mol. The largest absolute Gasteiger partial charge is 0.481 e. The third-order valence-electron chi connectivity index (χ3n) is 3.28. The van der Waals surface area contributed by atoms with Gasteiger partial charge in [0.2, 0.25) is 0 Å². The Labute approximate surface area is 120 Å². The minimum absolute atomic E-state index is 0.0737. The van der Waals surface area contributed by atoms with Crippen molar-refractivity contribution in [2.75, 3.05) is 26.3 Å². The van der Waals surface area contributed by atoms with Crippen LogP contribution in [-0.4, -0.2) is 60.5 Å². The number of hydrogen-bond acceptors (Lipinski definition) is 3. The molecule has 2 atom stereocenters. The number of urea groups is 1. The fraction of sp³-hybridized carbons (Fsp3) is 0.833. The summed E-state index contributed by atoms with van der Waals surface area (Å²) in [5, 5.41) is 11.5.